The molecule has 18 heavy (non-hydrogen) atoms. The van der Waals surface area contributed by atoms with Crippen LogP contribution in [0.1, 0.15) is 17.2 Å². The van der Waals surface area contributed by atoms with Crippen molar-refractivity contribution in [1.29, 1.82) is 5.26 Å². The minimum Gasteiger partial charge on any atom is -0.467 e. The normalized spacial score (nSPS) is 13.6. The summed E-state index contributed by atoms with van der Waals surface area (Å²) in [4.78, 5) is 11.0. The number of ether oxygens (including phenoxy) is 1. The van der Waals surface area contributed by atoms with Gasteiger partial charge in [-0.05, 0) is 12.1 Å². The number of hydrogen-bond donors (Lipinski definition) is 2. The number of esters is 1. The van der Waals surface area contributed by atoms with E-state index in [1.54, 1.807) is 0 Å². The Kier molecular flexibility index (Phi) is 4.31. The minimum absolute atomic E-state index is 0.385. The lowest BCUT2D eigenvalue weighted by atomic mass is 9.99. The van der Waals surface area contributed by atoms with Crippen LogP contribution in [0.25, 0.3) is 0 Å². The first kappa shape index (κ1) is 14.0. The molecule has 1 aromatic carbocycles. The zero-order valence-electron chi connectivity index (χ0n) is 9.22. The van der Waals surface area contributed by atoms with Gasteiger partial charge in [0.1, 0.15) is 6.10 Å². The highest BCUT2D eigenvalue weighted by Crippen LogP contribution is 2.24. The van der Waals surface area contributed by atoms with Crippen LogP contribution in [-0.2, 0) is 9.53 Å². The molecule has 0 spiro atoms. The molecule has 0 fully saturated rings. The summed E-state index contributed by atoms with van der Waals surface area (Å²) in [7, 11) is 0.981. The van der Waals surface area contributed by atoms with Crippen LogP contribution in [0.15, 0.2) is 12.1 Å². The van der Waals surface area contributed by atoms with Crippen LogP contribution in [0.2, 0.25) is 0 Å². The van der Waals surface area contributed by atoms with E-state index in [-0.39, 0.29) is 5.56 Å². The van der Waals surface area contributed by atoms with Gasteiger partial charge in [-0.3, -0.25) is 0 Å². The topological polar surface area (TPSA) is 90.6 Å². The van der Waals surface area contributed by atoms with E-state index in [4.69, 9.17) is 5.26 Å². The maximum Gasteiger partial charge on any atom is 0.337 e. The molecule has 0 radical (unpaired) electrons. The van der Waals surface area contributed by atoms with Crippen molar-refractivity contribution in [2.24, 2.45) is 0 Å². The summed E-state index contributed by atoms with van der Waals surface area (Å²) >= 11 is 0. The highest BCUT2D eigenvalue weighted by Gasteiger charge is 2.29. The number of halogens is 2. The van der Waals surface area contributed by atoms with Crippen LogP contribution in [0.4, 0.5) is 8.78 Å². The summed E-state index contributed by atoms with van der Waals surface area (Å²) in [5.41, 5.74) is -0.779. The molecule has 0 aliphatic heterocycles. The SMILES string of the molecule is COC(=O)C(O)C(O)c1cc(F)c(F)cc1C#N. The number of aliphatic hydroxyl groups excluding tert-OH is 2. The molecule has 0 amide bonds. The van der Waals surface area contributed by atoms with Gasteiger partial charge in [-0.15, -0.1) is 0 Å². The molecule has 0 saturated heterocycles. The highest BCUT2D eigenvalue weighted by atomic mass is 19.2. The molecule has 1 rings (SSSR count). The van der Waals surface area contributed by atoms with Gasteiger partial charge in [0.2, 0.25) is 0 Å². The van der Waals surface area contributed by atoms with Crippen LogP contribution in [0.5, 0.6) is 0 Å². The lowest BCUT2D eigenvalue weighted by Gasteiger charge is -2.17. The average molecular weight is 257 g/mol. The lowest BCUT2D eigenvalue weighted by molar-refractivity contribution is -0.156. The molecule has 1 aromatic rings. The predicted octanol–water partition coefficient (Wildman–Crippen LogP) is 0.404. The van der Waals surface area contributed by atoms with E-state index in [1.165, 1.54) is 6.07 Å². The third-order valence-electron chi connectivity index (χ3n) is 2.27. The second-order valence-corrected chi connectivity index (χ2v) is 3.38. The summed E-state index contributed by atoms with van der Waals surface area (Å²) in [5, 5.41) is 27.7. The second kappa shape index (κ2) is 5.53. The van der Waals surface area contributed by atoms with E-state index < -0.39 is 35.4 Å². The van der Waals surface area contributed by atoms with Crippen molar-refractivity contribution in [2.45, 2.75) is 12.2 Å². The zero-order valence-corrected chi connectivity index (χ0v) is 9.22. The fourth-order valence-corrected chi connectivity index (χ4v) is 1.32. The van der Waals surface area contributed by atoms with E-state index >= 15 is 0 Å². The number of hydrogen-bond acceptors (Lipinski definition) is 5. The summed E-state index contributed by atoms with van der Waals surface area (Å²) in [6.45, 7) is 0. The molecule has 0 aliphatic rings. The molecule has 0 saturated carbocycles. The third kappa shape index (κ3) is 2.61. The van der Waals surface area contributed by atoms with Gasteiger partial charge in [0, 0.05) is 5.56 Å². The van der Waals surface area contributed by atoms with E-state index in [2.05, 4.69) is 4.74 Å². The van der Waals surface area contributed by atoms with Gasteiger partial charge in [-0.25, -0.2) is 13.6 Å². The van der Waals surface area contributed by atoms with Crippen molar-refractivity contribution in [2.75, 3.05) is 7.11 Å². The molecule has 7 heteroatoms. The van der Waals surface area contributed by atoms with Gasteiger partial charge >= 0.3 is 5.97 Å². The fraction of sp³-hybridized carbons (Fsp3) is 0.273. The quantitative estimate of drug-likeness (QED) is 0.765. The standard InChI is InChI=1S/C11H9F2NO4/c1-18-11(17)10(16)9(15)6-3-8(13)7(12)2-5(6)4-14/h2-3,9-10,15-16H,1H3. The van der Waals surface area contributed by atoms with Crippen LogP contribution in [0, 0.1) is 23.0 Å². The first-order valence-electron chi connectivity index (χ1n) is 4.75. The Morgan fingerprint density at radius 2 is 1.94 bits per heavy atom. The second-order valence-electron chi connectivity index (χ2n) is 3.38. The van der Waals surface area contributed by atoms with Crippen molar-refractivity contribution in [1.82, 2.24) is 0 Å². The molecule has 0 aliphatic carbocycles. The number of nitriles is 1. The number of carbonyl (C=O) groups is 1. The molecule has 0 aromatic heterocycles. The van der Waals surface area contributed by atoms with Gasteiger partial charge in [-0.2, -0.15) is 5.26 Å². The Hall–Kier alpha value is -2.04. The lowest BCUT2D eigenvalue weighted by Crippen LogP contribution is -2.29. The van der Waals surface area contributed by atoms with Gasteiger partial charge in [0.05, 0.1) is 18.7 Å². The number of methoxy groups -OCH3 is 1. The van der Waals surface area contributed by atoms with E-state index in [0.29, 0.717) is 12.1 Å². The molecular weight excluding hydrogens is 248 g/mol. The Labute approximate surface area is 101 Å². The van der Waals surface area contributed by atoms with Crippen molar-refractivity contribution < 1.29 is 28.5 Å². The van der Waals surface area contributed by atoms with Gasteiger partial charge < -0.3 is 14.9 Å². The van der Waals surface area contributed by atoms with Gasteiger partial charge in [0.25, 0.3) is 0 Å². The van der Waals surface area contributed by atoms with E-state index in [9.17, 15) is 23.8 Å². The molecule has 0 bridgehead atoms. The minimum atomic E-state index is -1.99. The summed E-state index contributed by atoms with van der Waals surface area (Å²) in [6, 6.07) is 2.64. The number of rotatable bonds is 3. The number of aliphatic hydroxyl groups is 2. The number of nitrogens with zero attached hydrogens (tertiary/aromatic N) is 1. The van der Waals surface area contributed by atoms with Crippen molar-refractivity contribution in [3.63, 3.8) is 0 Å². The molecule has 5 nitrogen and oxygen atoms in total. The van der Waals surface area contributed by atoms with Gasteiger partial charge in [-0.1, -0.05) is 0 Å². The maximum atomic E-state index is 13.0. The van der Waals surface area contributed by atoms with E-state index in [0.717, 1.165) is 7.11 Å². The monoisotopic (exact) mass is 257 g/mol. The van der Waals surface area contributed by atoms with E-state index in [1.807, 2.05) is 0 Å². The summed E-state index contributed by atoms with van der Waals surface area (Å²) in [5.74, 6) is -3.73. The summed E-state index contributed by atoms with van der Waals surface area (Å²) in [6.07, 6.45) is -3.88. The first-order chi connectivity index (χ1) is 8.42. The predicted molar refractivity (Wildman–Crippen MR) is 54.1 cm³/mol. The molecule has 2 N–H and O–H groups in total. The smallest absolute Gasteiger partial charge is 0.337 e. The fourth-order valence-electron chi connectivity index (χ4n) is 1.32. The number of carbonyl (C=O) groups excluding carboxylic acids is 1. The van der Waals surface area contributed by atoms with Crippen molar-refractivity contribution >= 4 is 5.97 Å². The van der Waals surface area contributed by atoms with Crippen molar-refractivity contribution in [3.8, 4) is 6.07 Å². The molecule has 96 valence electrons. The van der Waals surface area contributed by atoms with Gasteiger partial charge in [0.15, 0.2) is 17.7 Å². The molecular formula is C11H9F2NO4. The first-order valence-corrected chi connectivity index (χ1v) is 4.75. The number of benzene rings is 1. The molecule has 2 atom stereocenters. The third-order valence-corrected chi connectivity index (χ3v) is 2.27. The van der Waals surface area contributed by atoms with Crippen LogP contribution < -0.4 is 0 Å². The highest BCUT2D eigenvalue weighted by molar-refractivity contribution is 5.75. The Bertz CT molecular complexity index is 513. The van der Waals surface area contributed by atoms with Crippen molar-refractivity contribution in [3.05, 3.63) is 34.9 Å². The Morgan fingerprint density at radius 3 is 2.44 bits per heavy atom. The zero-order chi connectivity index (χ0) is 13.9. The largest absolute Gasteiger partial charge is 0.467 e. The Morgan fingerprint density at radius 1 is 1.39 bits per heavy atom. The van der Waals surface area contributed by atoms with Crippen LogP contribution in [0.3, 0.4) is 0 Å². The Balaban J connectivity index is 3.21. The average Bonchev–Trinajstić information content (AvgIpc) is 2.38. The maximum absolute atomic E-state index is 13.0. The molecule has 2 unspecified atom stereocenters. The van der Waals surface area contributed by atoms with Crippen LogP contribution >= 0.6 is 0 Å². The summed E-state index contributed by atoms with van der Waals surface area (Å²) < 4.78 is 30.1. The van der Waals surface area contributed by atoms with Crippen LogP contribution in [-0.4, -0.2) is 29.4 Å². The molecule has 0 heterocycles.